The van der Waals surface area contributed by atoms with Crippen molar-refractivity contribution >= 4 is 23.7 Å². The molecule has 0 saturated carbocycles. The van der Waals surface area contributed by atoms with Crippen LogP contribution in [-0.2, 0) is 12.7 Å². The predicted octanol–water partition coefficient (Wildman–Crippen LogP) is 2.75. The summed E-state index contributed by atoms with van der Waals surface area (Å²) >= 11 is 0.738. The van der Waals surface area contributed by atoms with Crippen LogP contribution in [0.1, 0.15) is 22.7 Å². The van der Waals surface area contributed by atoms with Crippen LogP contribution in [-0.4, -0.2) is 29.5 Å². The van der Waals surface area contributed by atoms with Gasteiger partial charge in [0.15, 0.2) is 0 Å². The van der Waals surface area contributed by atoms with Crippen molar-refractivity contribution < 1.29 is 13.2 Å². The summed E-state index contributed by atoms with van der Waals surface area (Å²) < 4.78 is 37.3. The van der Waals surface area contributed by atoms with Gasteiger partial charge in [-0.1, -0.05) is 0 Å². The van der Waals surface area contributed by atoms with E-state index >= 15 is 0 Å². The maximum Gasteiger partial charge on any atom is 0.427 e. The maximum atomic E-state index is 12.4. The van der Waals surface area contributed by atoms with Crippen LogP contribution in [0, 0.1) is 5.92 Å². The zero-order valence-electron chi connectivity index (χ0n) is 10.3. The van der Waals surface area contributed by atoms with E-state index < -0.39 is 11.1 Å². The molecule has 3 nitrogen and oxygen atoms in total. The first kappa shape index (κ1) is 16.7. The SMILES string of the molecule is Cl.NCC1CCN(Cc2ncc(C(F)(F)F)s2)CC1. The Morgan fingerprint density at radius 1 is 1.37 bits per heavy atom. The van der Waals surface area contributed by atoms with Crippen LogP contribution in [0.4, 0.5) is 13.2 Å². The highest BCUT2D eigenvalue weighted by atomic mass is 35.5. The van der Waals surface area contributed by atoms with Gasteiger partial charge in [0.1, 0.15) is 9.88 Å². The molecular weight excluding hydrogens is 299 g/mol. The van der Waals surface area contributed by atoms with Gasteiger partial charge in [-0.3, -0.25) is 4.90 Å². The minimum atomic E-state index is -4.28. The summed E-state index contributed by atoms with van der Waals surface area (Å²) in [6.45, 7) is 2.99. The molecule has 0 aromatic carbocycles. The van der Waals surface area contributed by atoms with E-state index in [4.69, 9.17) is 5.73 Å². The van der Waals surface area contributed by atoms with Crippen molar-refractivity contribution in [1.82, 2.24) is 9.88 Å². The Kier molecular flexibility index (Phi) is 6.04. The molecule has 2 N–H and O–H groups in total. The van der Waals surface area contributed by atoms with Gasteiger partial charge in [0, 0.05) is 0 Å². The number of hydrogen-bond donors (Lipinski definition) is 1. The molecule has 0 atom stereocenters. The highest BCUT2D eigenvalue weighted by Crippen LogP contribution is 2.33. The molecule has 0 amide bonds. The van der Waals surface area contributed by atoms with Crippen LogP contribution < -0.4 is 5.73 Å². The van der Waals surface area contributed by atoms with Gasteiger partial charge < -0.3 is 5.73 Å². The summed E-state index contributed by atoms with van der Waals surface area (Å²) in [4.78, 5) is 5.38. The van der Waals surface area contributed by atoms with E-state index in [0.717, 1.165) is 43.5 Å². The number of alkyl halides is 3. The molecule has 0 radical (unpaired) electrons. The third kappa shape index (κ3) is 4.59. The van der Waals surface area contributed by atoms with Gasteiger partial charge in [-0.2, -0.15) is 13.2 Å². The van der Waals surface area contributed by atoms with Crippen molar-refractivity contribution in [2.24, 2.45) is 11.7 Å². The quantitative estimate of drug-likeness (QED) is 0.932. The molecule has 0 aliphatic carbocycles. The van der Waals surface area contributed by atoms with Crippen LogP contribution in [0.5, 0.6) is 0 Å². The minimum Gasteiger partial charge on any atom is -0.330 e. The van der Waals surface area contributed by atoms with Crippen molar-refractivity contribution in [2.75, 3.05) is 19.6 Å². The second-order valence-electron chi connectivity index (χ2n) is 4.57. The standard InChI is InChI=1S/C11H16F3N3S.ClH/c12-11(13,14)9-6-16-10(18-9)7-17-3-1-8(5-15)2-4-17;/h6,8H,1-5,7,15H2;1H. The number of aromatic nitrogens is 1. The van der Waals surface area contributed by atoms with Crippen molar-refractivity contribution in [3.8, 4) is 0 Å². The van der Waals surface area contributed by atoms with Crippen molar-refractivity contribution in [2.45, 2.75) is 25.6 Å². The number of hydrogen-bond acceptors (Lipinski definition) is 4. The summed E-state index contributed by atoms with van der Waals surface area (Å²) in [7, 11) is 0. The van der Waals surface area contributed by atoms with Gasteiger partial charge in [0.25, 0.3) is 0 Å². The van der Waals surface area contributed by atoms with Crippen LogP contribution in [0.2, 0.25) is 0 Å². The molecule has 1 aliphatic heterocycles. The fraction of sp³-hybridized carbons (Fsp3) is 0.727. The summed E-state index contributed by atoms with van der Waals surface area (Å²) in [6.07, 6.45) is -1.31. The predicted molar refractivity (Wildman–Crippen MR) is 71.4 cm³/mol. The van der Waals surface area contributed by atoms with Crippen LogP contribution in [0.15, 0.2) is 6.20 Å². The molecule has 0 unspecified atom stereocenters. The fourth-order valence-electron chi connectivity index (χ4n) is 2.09. The van der Waals surface area contributed by atoms with Crippen molar-refractivity contribution in [3.05, 3.63) is 16.1 Å². The van der Waals surface area contributed by atoms with Crippen LogP contribution in [0.25, 0.3) is 0 Å². The topological polar surface area (TPSA) is 42.1 Å². The highest BCUT2D eigenvalue weighted by Gasteiger charge is 2.33. The van der Waals surface area contributed by atoms with Crippen molar-refractivity contribution in [1.29, 1.82) is 0 Å². The van der Waals surface area contributed by atoms with Gasteiger partial charge in [-0.25, -0.2) is 4.98 Å². The van der Waals surface area contributed by atoms with E-state index in [1.165, 1.54) is 0 Å². The number of rotatable bonds is 3. The Bertz CT molecular complexity index is 389. The Balaban J connectivity index is 0.00000180. The Hall–Kier alpha value is -0.370. The van der Waals surface area contributed by atoms with Crippen LogP contribution in [0.3, 0.4) is 0 Å². The third-order valence-corrected chi connectivity index (χ3v) is 4.26. The largest absolute Gasteiger partial charge is 0.427 e. The highest BCUT2D eigenvalue weighted by molar-refractivity contribution is 7.11. The first-order valence-electron chi connectivity index (χ1n) is 5.93. The number of halogens is 4. The van der Waals surface area contributed by atoms with Crippen LogP contribution >= 0.6 is 23.7 Å². The molecule has 0 bridgehead atoms. The molecule has 1 aromatic heterocycles. The lowest BCUT2D eigenvalue weighted by Crippen LogP contribution is -2.35. The lowest BCUT2D eigenvalue weighted by molar-refractivity contribution is -0.134. The van der Waals surface area contributed by atoms with Gasteiger partial charge in [0.2, 0.25) is 0 Å². The van der Waals surface area contributed by atoms with E-state index in [1.54, 1.807) is 0 Å². The molecule has 110 valence electrons. The Morgan fingerprint density at radius 3 is 2.47 bits per heavy atom. The fourth-order valence-corrected chi connectivity index (χ4v) is 2.91. The number of thiazole rings is 1. The van der Waals surface area contributed by atoms with E-state index in [2.05, 4.69) is 9.88 Å². The first-order valence-corrected chi connectivity index (χ1v) is 6.75. The van der Waals surface area contributed by atoms with E-state index in [9.17, 15) is 13.2 Å². The first-order chi connectivity index (χ1) is 8.49. The van der Waals surface area contributed by atoms with E-state index in [-0.39, 0.29) is 12.4 Å². The number of piperidine rings is 1. The normalized spacial score (nSPS) is 18.3. The average Bonchev–Trinajstić information content (AvgIpc) is 2.78. The molecule has 2 rings (SSSR count). The number of likely N-dealkylation sites (tertiary alicyclic amines) is 1. The molecule has 8 heteroatoms. The number of nitrogens with zero attached hydrogens (tertiary/aromatic N) is 2. The van der Waals surface area contributed by atoms with E-state index in [0.29, 0.717) is 24.0 Å². The summed E-state index contributed by atoms with van der Waals surface area (Å²) in [5, 5.41) is 0.536. The molecular formula is C11H17ClF3N3S. The molecule has 19 heavy (non-hydrogen) atoms. The molecule has 0 spiro atoms. The van der Waals surface area contributed by atoms with E-state index in [1.807, 2.05) is 0 Å². The van der Waals surface area contributed by atoms with Gasteiger partial charge in [0.05, 0.1) is 12.7 Å². The molecule has 2 heterocycles. The van der Waals surface area contributed by atoms with Crippen molar-refractivity contribution in [3.63, 3.8) is 0 Å². The molecule has 1 aliphatic rings. The average molecular weight is 316 g/mol. The zero-order valence-corrected chi connectivity index (χ0v) is 12.0. The third-order valence-electron chi connectivity index (χ3n) is 3.23. The summed E-state index contributed by atoms with van der Waals surface area (Å²) in [6, 6.07) is 0. The molecule has 1 fully saturated rings. The lowest BCUT2D eigenvalue weighted by atomic mass is 9.97. The summed E-state index contributed by atoms with van der Waals surface area (Å²) in [5.41, 5.74) is 5.60. The number of nitrogens with two attached hydrogens (primary N) is 1. The Labute approximate surface area is 120 Å². The monoisotopic (exact) mass is 315 g/mol. The summed E-state index contributed by atoms with van der Waals surface area (Å²) in [5.74, 6) is 0.559. The van der Waals surface area contributed by atoms with Gasteiger partial charge in [-0.05, 0) is 38.4 Å². The molecule has 1 aromatic rings. The Morgan fingerprint density at radius 2 is 2.00 bits per heavy atom. The zero-order chi connectivity index (χ0) is 13.2. The molecule has 1 saturated heterocycles. The second kappa shape index (κ2) is 6.88. The smallest absolute Gasteiger partial charge is 0.330 e. The lowest BCUT2D eigenvalue weighted by Gasteiger charge is -2.30. The van der Waals surface area contributed by atoms with Gasteiger partial charge in [-0.15, -0.1) is 23.7 Å². The minimum absolute atomic E-state index is 0. The maximum absolute atomic E-state index is 12.4. The van der Waals surface area contributed by atoms with Gasteiger partial charge >= 0.3 is 6.18 Å². The second-order valence-corrected chi connectivity index (χ2v) is 5.69.